The Hall–Kier alpha value is -1.73. The highest BCUT2D eigenvalue weighted by molar-refractivity contribution is 5.85. The predicted octanol–water partition coefficient (Wildman–Crippen LogP) is 1.64. The number of hydrogen-bond acceptors (Lipinski definition) is 3. The predicted molar refractivity (Wildman–Crippen MR) is 54.9 cm³/mol. The van der Waals surface area contributed by atoms with Gasteiger partial charge in [-0.1, -0.05) is 13.2 Å². The third-order valence-corrected chi connectivity index (χ3v) is 1.53. The molecule has 0 aliphatic carbocycles. The van der Waals surface area contributed by atoms with Crippen molar-refractivity contribution in [2.24, 2.45) is 4.99 Å². The first kappa shape index (κ1) is 9.36. The number of nitrogens with zero attached hydrogens (tertiary/aromatic N) is 1. The number of guanidine groups is 1. The Bertz CT molecular complexity index is 341. The molecule has 0 aromatic carbocycles. The molecule has 0 atom stereocenters. The van der Waals surface area contributed by atoms with Crippen LogP contribution in [0.25, 0.3) is 0 Å². The molecule has 1 rings (SSSR count). The van der Waals surface area contributed by atoms with Crippen LogP contribution in [0.3, 0.4) is 0 Å². The van der Waals surface area contributed by atoms with Crippen LogP contribution < -0.4 is 10.6 Å². The molecule has 3 heteroatoms. The van der Waals surface area contributed by atoms with Crippen molar-refractivity contribution >= 4 is 5.96 Å². The molecule has 13 heavy (non-hydrogen) atoms. The Morgan fingerprint density at radius 2 is 2.38 bits per heavy atom. The van der Waals surface area contributed by atoms with Crippen LogP contribution in [0, 0.1) is 0 Å². The van der Waals surface area contributed by atoms with Gasteiger partial charge >= 0.3 is 0 Å². The summed E-state index contributed by atoms with van der Waals surface area (Å²) in [4.78, 5) is 4.16. The Morgan fingerprint density at radius 1 is 1.69 bits per heavy atom. The van der Waals surface area contributed by atoms with Crippen LogP contribution in [-0.4, -0.2) is 5.96 Å². The molecule has 0 unspecified atom stereocenters. The number of allylic oxidation sites excluding steroid dienone is 3. The SMILES string of the molecule is C=C=C(C)NC1=NC(=C)C=C(C)N1. The van der Waals surface area contributed by atoms with Crippen LogP contribution in [0.5, 0.6) is 0 Å². The summed E-state index contributed by atoms with van der Waals surface area (Å²) in [6.07, 6.45) is 1.87. The lowest BCUT2D eigenvalue weighted by Gasteiger charge is -2.15. The molecule has 1 aliphatic rings. The van der Waals surface area contributed by atoms with Crippen molar-refractivity contribution in [3.05, 3.63) is 42.1 Å². The van der Waals surface area contributed by atoms with Crippen molar-refractivity contribution in [3.63, 3.8) is 0 Å². The van der Waals surface area contributed by atoms with Gasteiger partial charge in [0.15, 0.2) is 0 Å². The third-order valence-electron chi connectivity index (χ3n) is 1.53. The molecule has 1 aliphatic heterocycles. The molecule has 0 spiro atoms. The Labute approximate surface area is 78.3 Å². The lowest BCUT2D eigenvalue weighted by atomic mass is 10.3. The smallest absolute Gasteiger partial charge is 0.205 e. The maximum atomic E-state index is 4.16. The molecule has 0 amide bonds. The van der Waals surface area contributed by atoms with Gasteiger partial charge in [0.25, 0.3) is 0 Å². The Morgan fingerprint density at radius 3 is 2.92 bits per heavy atom. The van der Waals surface area contributed by atoms with Crippen LogP contribution >= 0.6 is 0 Å². The highest BCUT2D eigenvalue weighted by Crippen LogP contribution is 2.04. The van der Waals surface area contributed by atoms with Gasteiger partial charge in [0.1, 0.15) is 0 Å². The van der Waals surface area contributed by atoms with Gasteiger partial charge in [-0.25, -0.2) is 4.99 Å². The van der Waals surface area contributed by atoms with Crippen LogP contribution in [0.15, 0.2) is 47.0 Å². The zero-order valence-corrected chi connectivity index (χ0v) is 7.94. The molecule has 0 aromatic heterocycles. The van der Waals surface area contributed by atoms with E-state index in [2.05, 4.69) is 34.5 Å². The first-order valence-electron chi connectivity index (χ1n) is 3.98. The van der Waals surface area contributed by atoms with E-state index in [1.165, 1.54) is 0 Å². The molecule has 0 radical (unpaired) electrons. The minimum absolute atomic E-state index is 0.665. The highest BCUT2D eigenvalue weighted by Gasteiger charge is 2.05. The van der Waals surface area contributed by atoms with Gasteiger partial charge in [0, 0.05) is 5.70 Å². The van der Waals surface area contributed by atoms with Gasteiger partial charge in [-0.3, -0.25) is 0 Å². The summed E-state index contributed by atoms with van der Waals surface area (Å²) in [5.41, 5.74) is 5.30. The van der Waals surface area contributed by atoms with Gasteiger partial charge in [0.2, 0.25) is 5.96 Å². The summed E-state index contributed by atoms with van der Waals surface area (Å²) in [7, 11) is 0. The van der Waals surface area contributed by atoms with Crippen molar-refractivity contribution in [1.29, 1.82) is 0 Å². The summed E-state index contributed by atoms with van der Waals surface area (Å²) in [5, 5.41) is 6.07. The van der Waals surface area contributed by atoms with Gasteiger partial charge in [-0.2, -0.15) is 0 Å². The zero-order valence-electron chi connectivity index (χ0n) is 7.94. The summed E-state index contributed by atoms with van der Waals surface area (Å²) in [6.45, 7) is 11.1. The molecular weight excluding hydrogens is 162 g/mol. The van der Waals surface area contributed by atoms with Crippen molar-refractivity contribution in [2.75, 3.05) is 0 Å². The number of hydrogen-bond donors (Lipinski definition) is 2. The summed E-state index contributed by atoms with van der Waals surface area (Å²) in [6, 6.07) is 0. The van der Waals surface area contributed by atoms with E-state index in [1.54, 1.807) is 0 Å². The number of aliphatic imine (C=N–C) groups is 1. The molecule has 68 valence electrons. The molecule has 0 fully saturated rings. The third kappa shape index (κ3) is 2.65. The molecular formula is C10H13N3. The van der Waals surface area contributed by atoms with E-state index in [9.17, 15) is 0 Å². The maximum Gasteiger partial charge on any atom is 0.205 e. The Kier molecular flexibility index (Phi) is 2.72. The lowest BCUT2D eigenvalue weighted by molar-refractivity contribution is 0.966. The standard InChI is InChI=1S/C10H13N3/c1-5-7(2)11-10-12-8(3)6-9(4)13-10/h6H,1,3H2,2,4H3,(H2,11,12,13). The minimum Gasteiger partial charge on any atom is -0.330 e. The van der Waals surface area contributed by atoms with E-state index in [0.29, 0.717) is 5.96 Å². The normalized spacial score (nSPS) is 15.1. The first-order chi connectivity index (χ1) is 6.11. The molecule has 0 bridgehead atoms. The van der Waals surface area contributed by atoms with Crippen molar-refractivity contribution in [3.8, 4) is 0 Å². The monoisotopic (exact) mass is 175 g/mol. The minimum atomic E-state index is 0.665. The number of rotatable bonds is 1. The van der Waals surface area contributed by atoms with Crippen molar-refractivity contribution in [1.82, 2.24) is 10.6 Å². The fourth-order valence-electron chi connectivity index (χ4n) is 0.958. The highest BCUT2D eigenvalue weighted by atomic mass is 15.2. The molecule has 3 nitrogen and oxygen atoms in total. The second-order valence-electron chi connectivity index (χ2n) is 2.83. The molecule has 0 aromatic rings. The molecule has 0 saturated carbocycles. The van der Waals surface area contributed by atoms with E-state index in [0.717, 1.165) is 17.1 Å². The average molecular weight is 175 g/mol. The van der Waals surface area contributed by atoms with Gasteiger partial charge in [0.05, 0.1) is 11.4 Å². The van der Waals surface area contributed by atoms with E-state index in [1.807, 2.05) is 19.9 Å². The zero-order chi connectivity index (χ0) is 9.84. The number of nitrogens with one attached hydrogen (secondary N) is 2. The van der Waals surface area contributed by atoms with E-state index < -0.39 is 0 Å². The summed E-state index contributed by atoms with van der Waals surface area (Å²) >= 11 is 0. The van der Waals surface area contributed by atoms with Gasteiger partial charge < -0.3 is 10.6 Å². The first-order valence-corrected chi connectivity index (χ1v) is 3.98. The summed E-state index contributed by atoms with van der Waals surface area (Å²) in [5.74, 6) is 0.665. The lowest BCUT2D eigenvalue weighted by Crippen LogP contribution is -2.36. The second-order valence-corrected chi connectivity index (χ2v) is 2.83. The molecule has 2 N–H and O–H groups in total. The molecule has 1 heterocycles. The van der Waals surface area contributed by atoms with Crippen molar-refractivity contribution in [2.45, 2.75) is 13.8 Å². The van der Waals surface area contributed by atoms with Crippen molar-refractivity contribution < 1.29 is 0 Å². The average Bonchev–Trinajstić information content (AvgIpc) is 2.02. The molecule has 0 saturated heterocycles. The van der Waals surface area contributed by atoms with Gasteiger partial charge in [-0.15, -0.1) is 5.73 Å². The van der Waals surface area contributed by atoms with Gasteiger partial charge in [-0.05, 0) is 19.9 Å². The fourth-order valence-corrected chi connectivity index (χ4v) is 0.958. The maximum absolute atomic E-state index is 4.16. The van der Waals surface area contributed by atoms with E-state index in [-0.39, 0.29) is 0 Å². The second kappa shape index (κ2) is 3.78. The van der Waals surface area contributed by atoms with Crippen LogP contribution in [-0.2, 0) is 0 Å². The quantitative estimate of drug-likeness (QED) is 0.594. The van der Waals surface area contributed by atoms with E-state index in [4.69, 9.17) is 0 Å². The van der Waals surface area contributed by atoms with Crippen LogP contribution in [0.4, 0.5) is 0 Å². The Balaban J connectivity index is 2.73. The largest absolute Gasteiger partial charge is 0.330 e. The topological polar surface area (TPSA) is 36.4 Å². The fraction of sp³-hybridized carbons (Fsp3) is 0.200. The van der Waals surface area contributed by atoms with E-state index >= 15 is 0 Å². The van der Waals surface area contributed by atoms with Crippen LogP contribution in [0.1, 0.15) is 13.8 Å². The van der Waals surface area contributed by atoms with Crippen LogP contribution in [0.2, 0.25) is 0 Å². The summed E-state index contributed by atoms with van der Waals surface area (Å²) < 4.78 is 0.